The molecule has 0 aromatic heterocycles. The minimum Gasteiger partial charge on any atom is -0.293 e. The van der Waals surface area contributed by atoms with Gasteiger partial charge < -0.3 is 0 Å². The lowest BCUT2D eigenvalue weighted by Crippen LogP contribution is -2.43. The van der Waals surface area contributed by atoms with Gasteiger partial charge in [-0.1, -0.05) is 49.7 Å². The maximum Gasteiger partial charge on any atom is 0.264 e. The van der Waals surface area contributed by atoms with E-state index in [1.165, 1.54) is 12.1 Å². The van der Waals surface area contributed by atoms with Crippen molar-refractivity contribution in [3.05, 3.63) is 59.7 Å². The molecule has 0 saturated carbocycles. The molecule has 7 heteroatoms. The molecule has 25 heavy (non-hydrogen) atoms. The van der Waals surface area contributed by atoms with Gasteiger partial charge in [0.2, 0.25) is 0 Å². The molecule has 0 spiro atoms. The van der Waals surface area contributed by atoms with Gasteiger partial charge >= 0.3 is 0 Å². The van der Waals surface area contributed by atoms with E-state index in [2.05, 4.69) is 0 Å². The lowest BCUT2D eigenvalue weighted by Gasteiger charge is -2.27. The summed E-state index contributed by atoms with van der Waals surface area (Å²) in [6, 6.07) is 13.7. The molecule has 0 aliphatic carbocycles. The van der Waals surface area contributed by atoms with E-state index in [4.69, 9.17) is 5.84 Å². The fourth-order valence-corrected chi connectivity index (χ4v) is 3.96. The first kappa shape index (κ1) is 19.0. The number of sulfonamides is 1. The number of para-hydroxylation sites is 1. The zero-order valence-electron chi connectivity index (χ0n) is 14.6. The van der Waals surface area contributed by atoms with Crippen molar-refractivity contribution < 1.29 is 13.2 Å². The van der Waals surface area contributed by atoms with E-state index in [-0.39, 0.29) is 10.8 Å². The molecule has 0 saturated heterocycles. The summed E-state index contributed by atoms with van der Waals surface area (Å²) in [6.07, 6.45) is 0. The van der Waals surface area contributed by atoms with Crippen molar-refractivity contribution in [1.29, 1.82) is 0 Å². The third-order valence-electron chi connectivity index (χ3n) is 3.88. The van der Waals surface area contributed by atoms with Crippen LogP contribution in [0.3, 0.4) is 0 Å². The Morgan fingerprint density at radius 2 is 1.72 bits per heavy atom. The van der Waals surface area contributed by atoms with Crippen LogP contribution in [0.2, 0.25) is 0 Å². The highest BCUT2D eigenvalue weighted by molar-refractivity contribution is 7.92. The number of hydrazine groups is 1. The van der Waals surface area contributed by atoms with E-state index in [1.807, 2.05) is 38.3 Å². The van der Waals surface area contributed by atoms with Gasteiger partial charge in [0, 0.05) is 0 Å². The van der Waals surface area contributed by atoms with Crippen molar-refractivity contribution >= 4 is 21.6 Å². The first-order valence-electron chi connectivity index (χ1n) is 7.95. The minimum atomic E-state index is -3.92. The molecule has 0 atom stereocenters. The van der Waals surface area contributed by atoms with Crippen LogP contribution in [0.4, 0.5) is 5.69 Å². The third-order valence-corrected chi connectivity index (χ3v) is 5.66. The average molecular weight is 361 g/mol. The van der Waals surface area contributed by atoms with Crippen LogP contribution in [0, 0.1) is 6.92 Å². The number of nitrogens with two attached hydrogens (primary N) is 1. The molecular weight excluding hydrogens is 338 g/mol. The molecule has 0 fully saturated rings. The minimum absolute atomic E-state index is 0.0906. The quantitative estimate of drug-likeness (QED) is 0.469. The van der Waals surface area contributed by atoms with Crippen LogP contribution in [0.1, 0.15) is 30.9 Å². The lowest BCUT2D eigenvalue weighted by molar-refractivity contribution is -0.119. The number of carbonyl (C=O) groups is 1. The summed E-state index contributed by atoms with van der Waals surface area (Å²) in [5.41, 5.74) is 4.26. The van der Waals surface area contributed by atoms with Crippen LogP contribution >= 0.6 is 0 Å². The summed E-state index contributed by atoms with van der Waals surface area (Å²) >= 11 is 0. The highest BCUT2D eigenvalue weighted by atomic mass is 32.2. The Balaban J connectivity index is 2.61. The molecule has 0 radical (unpaired) electrons. The molecule has 0 bridgehead atoms. The maximum absolute atomic E-state index is 13.2. The fourth-order valence-electron chi connectivity index (χ4n) is 2.52. The first-order valence-corrected chi connectivity index (χ1v) is 9.39. The van der Waals surface area contributed by atoms with Crippen molar-refractivity contribution in [1.82, 2.24) is 5.43 Å². The Morgan fingerprint density at radius 1 is 1.12 bits per heavy atom. The summed E-state index contributed by atoms with van der Waals surface area (Å²) < 4.78 is 27.5. The van der Waals surface area contributed by atoms with Gasteiger partial charge in [0.25, 0.3) is 15.9 Å². The molecule has 6 nitrogen and oxygen atoms in total. The fraction of sp³-hybridized carbons (Fsp3) is 0.278. The monoisotopic (exact) mass is 361 g/mol. The third kappa shape index (κ3) is 4.18. The van der Waals surface area contributed by atoms with Crippen molar-refractivity contribution in [2.75, 3.05) is 10.8 Å². The summed E-state index contributed by atoms with van der Waals surface area (Å²) in [5, 5.41) is 0. The second kappa shape index (κ2) is 7.67. The van der Waals surface area contributed by atoms with Crippen molar-refractivity contribution in [2.45, 2.75) is 31.6 Å². The smallest absolute Gasteiger partial charge is 0.264 e. The molecule has 0 aliphatic rings. The molecule has 0 aliphatic heterocycles. The second-order valence-electron chi connectivity index (χ2n) is 6.11. The van der Waals surface area contributed by atoms with E-state index in [0.29, 0.717) is 5.69 Å². The number of amides is 1. The molecule has 134 valence electrons. The maximum atomic E-state index is 13.2. The highest BCUT2D eigenvalue weighted by Crippen LogP contribution is 2.31. The summed E-state index contributed by atoms with van der Waals surface area (Å²) in [4.78, 5) is 12.0. The van der Waals surface area contributed by atoms with Crippen LogP contribution < -0.4 is 15.6 Å². The molecule has 0 heterocycles. The van der Waals surface area contributed by atoms with Crippen LogP contribution in [0.25, 0.3) is 0 Å². The molecule has 2 aromatic rings. The lowest BCUT2D eigenvalue weighted by atomic mass is 10.0. The van der Waals surface area contributed by atoms with Gasteiger partial charge in [-0.25, -0.2) is 14.3 Å². The van der Waals surface area contributed by atoms with Crippen LogP contribution in [0.15, 0.2) is 53.4 Å². The molecule has 2 aromatic carbocycles. The van der Waals surface area contributed by atoms with Crippen LogP contribution in [0.5, 0.6) is 0 Å². The number of aryl methyl sites for hydroxylation is 1. The number of anilines is 1. The molecule has 0 unspecified atom stereocenters. The van der Waals surface area contributed by atoms with Gasteiger partial charge in [0.05, 0.1) is 10.6 Å². The van der Waals surface area contributed by atoms with E-state index in [9.17, 15) is 13.2 Å². The van der Waals surface area contributed by atoms with Crippen molar-refractivity contribution in [3.8, 4) is 0 Å². The summed E-state index contributed by atoms with van der Waals surface area (Å²) in [6.45, 7) is 5.43. The number of hydrogen-bond donors (Lipinski definition) is 2. The van der Waals surface area contributed by atoms with Gasteiger partial charge in [-0.2, -0.15) is 0 Å². The average Bonchev–Trinajstić information content (AvgIpc) is 2.59. The van der Waals surface area contributed by atoms with Gasteiger partial charge in [0.15, 0.2) is 0 Å². The van der Waals surface area contributed by atoms with Gasteiger partial charge in [-0.15, -0.1) is 0 Å². The van der Waals surface area contributed by atoms with E-state index >= 15 is 0 Å². The highest BCUT2D eigenvalue weighted by Gasteiger charge is 2.29. The Hall–Kier alpha value is -2.38. The second-order valence-corrected chi connectivity index (χ2v) is 7.97. The number of rotatable bonds is 6. The molecule has 3 N–H and O–H groups in total. The molecule has 2 rings (SSSR count). The topological polar surface area (TPSA) is 92.5 Å². The van der Waals surface area contributed by atoms with E-state index in [1.54, 1.807) is 24.3 Å². The Morgan fingerprint density at radius 3 is 2.28 bits per heavy atom. The zero-order valence-corrected chi connectivity index (χ0v) is 15.4. The standard InChI is InChI=1S/C18H23N3O3S/c1-13(2)16-6-4-5-7-17(16)21(12-18(22)20-19)25(23,24)15-10-8-14(3)9-11-15/h4-11,13H,12,19H2,1-3H3,(H,20,22). The van der Waals surface area contributed by atoms with Crippen LogP contribution in [-0.4, -0.2) is 20.9 Å². The zero-order chi connectivity index (χ0) is 18.6. The number of carbonyl (C=O) groups excluding carboxylic acids is 1. The SMILES string of the molecule is Cc1ccc(S(=O)(=O)N(CC(=O)NN)c2ccccc2C(C)C)cc1. The predicted octanol–water partition coefficient (Wildman–Crippen LogP) is 2.30. The van der Waals surface area contributed by atoms with Crippen molar-refractivity contribution in [2.24, 2.45) is 5.84 Å². The largest absolute Gasteiger partial charge is 0.293 e. The van der Waals surface area contributed by atoms with Gasteiger partial charge in [-0.05, 0) is 36.6 Å². The number of nitrogens with one attached hydrogen (secondary N) is 1. The van der Waals surface area contributed by atoms with Gasteiger partial charge in [0.1, 0.15) is 6.54 Å². The number of nitrogens with zero attached hydrogens (tertiary/aromatic N) is 1. The summed E-state index contributed by atoms with van der Waals surface area (Å²) in [5.74, 6) is 4.68. The van der Waals surface area contributed by atoms with Crippen LogP contribution in [-0.2, 0) is 14.8 Å². The van der Waals surface area contributed by atoms with E-state index < -0.39 is 22.5 Å². The van der Waals surface area contributed by atoms with E-state index in [0.717, 1.165) is 15.4 Å². The predicted molar refractivity (Wildman–Crippen MR) is 98.6 cm³/mol. The first-order chi connectivity index (χ1) is 11.8. The number of hydrogen-bond acceptors (Lipinski definition) is 4. The molecule has 1 amide bonds. The van der Waals surface area contributed by atoms with Crippen molar-refractivity contribution in [3.63, 3.8) is 0 Å². The van der Waals surface area contributed by atoms with Gasteiger partial charge in [-0.3, -0.25) is 14.5 Å². The number of benzene rings is 2. The summed E-state index contributed by atoms with van der Waals surface area (Å²) in [7, 11) is -3.92. The Labute approximate surface area is 148 Å². The Bertz CT molecular complexity index is 846. The normalized spacial score (nSPS) is 11.4. The Kier molecular flexibility index (Phi) is 5.81. The molecular formula is C18H23N3O3S.